The fourth-order valence-corrected chi connectivity index (χ4v) is 1.31. The van der Waals surface area contributed by atoms with Crippen molar-refractivity contribution in [3.63, 3.8) is 0 Å². The van der Waals surface area contributed by atoms with Crippen LogP contribution in [0.25, 0.3) is 0 Å². The number of hydrogen-bond acceptors (Lipinski definition) is 5. The minimum Gasteiger partial charge on any atom is -0.465 e. The fourth-order valence-electron chi connectivity index (χ4n) is 1.31. The summed E-state index contributed by atoms with van der Waals surface area (Å²) >= 11 is 0. The second-order valence-electron chi connectivity index (χ2n) is 3.48. The van der Waals surface area contributed by atoms with Crippen LogP contribution in [0.3, 0.4) is 0 Å². The average Bonchev–Trinajstić information content (AvgIpc) is 2.37. The van der Waals surface area contributed by atoms with Gasteiger partial charge in [0.1, 0.15) is 17.1 Å². The molecule has 0 aliphatic carbocycles. The molecule has 0 fully saturated rings. The van der Waals surface area contributed by atoms with Crippen molar-refractivity contribution < 1.29 is 32.0 Å². The highest BCUT2D eigenvalue weighted by atomic mass is 19.3. The number of esters is 1. The number of carbonyl (C=O) groups excluding carboxylic acids is 1. The molecule has 1 rings (SSSR count). The van der Waals surface area contributed by atoms with Crippen LogP contribution in [0.4, 0.5) is 28.9 Å². The van der Waals surface area contributed by atoms with Gasteiger partial charge in [-0.2, -0.15) is 0 Å². The van der Waals surface area contributed by atoms with E-state index in [1.807, 2.05) is 0 Å². The second-order valence-corrected chi connectivity index (χ2v) is 3.48. The van der Waals surface area contributed by atoms with E-state index in [-0.39, 0.29) is 0 Å². The van der Waals surface area contributed by atoms with Crippen LogP contribution in [0.15, 0.2) is 12.1 Å². The number of benzene rings is 1. The maximum atomic E-state index is 13.5. The number of nitrogens with zero attached hydrogens (tertiary/aromatic N) is 1. The molecular formula is C10H8F4N2O4. The Balaban J connectivity index is 3.28. The number of halogens is 4. The van der Waals surface area contributed by atoms with Crippen molar-refractivity contribution in [2.45, 2.75) is 12.7 Å². The number of ether oxygens (including phenoxy) is 1. The molecule has 0 amide bonds. The molecule has 20 heavy (non-hydrogen) atoms. The molecule has 1 aromatic carbocycles. The monoisotopic (exact) mass is 296 g/mol. The summed E-state index contributed by atoms with van der Waals surface area (Å²) in [4.78, 5) is 20.8. The molecule has 10 heteroatoms. The summed E-state index contributed by atoms with van der Waals surface area (Å²) in [5.74, 6) is -2.46. The van der Waals surface area contributed by atoms with Crippen molar-refractivity contribution in [3.8, 4) is 0 Å². The molecule has 0 spiro atoms. The predicted molar refractivity (Wildman–Crippen MR) is 58.9 cm³/mol. The lowest BCUT2D eigenvalue weighted by Crippen LogP contribution is -2.23. The van der Waals surface area contributed by atoms with Crippen LogP contribution in [-0.2, 0) is 4.74 Å². The molecule has 0 aromatic heterocycles. The van der Waals surface area contributed by atoms with Gasteiger partial charge in [0, 0.05) is 12.1 Å². The van der Waals surface area contributed by atoms with Crippen molar-refractivity contribution >= 4 is 17.3 Å². The topological polar surface area (TPSA) is 81.5 Å². The number of nitro groups is 1. The van der Waals surface area contributed by atoms with E-state index in [0.29, 0.717) is 12.1 Å². The van der Waals surface area contributed by atoms with Gasteiger partial charge in [-0.15, -0.1) is 0 Å². The van der Waals surface area contributed by atoms with Crippen LogP contribution in [0.2, 0.25) is 0 Å². The molecule has 0 saturated carbocycles. The molecule has 0 bridgehead atoms. The molecule has 0 radical (unpaired) electrons. The third-order valence-electron chi connectivity index (χ3n) is 2.20. The van der Waals surface area contributed by atoms with E-state index in [2.05, 4.69) is 4.74 Å². The van der Waals surface area contributed by atoms with Crippen LogP contribution in [-0.4, -0.2) is 30.7 Å². The molecule has 0 aliphatic rings. The summed E-state index contributed by atoms with van der Waals surface area (Å²) in [5.41, 5.74) is -2.51. The molecule has 1 atom stereocenters. The highest BCUT2D eigenvalue weighted by Gasteiger charge is 2.27. The van der Waals surface area contributed by atoms with Crippen molar-refractivity contribution in [2.24, 2.45) is 0 Å². The van der Waals surface area contributed by atoms with Gasteiger partial charge in [-0.3, -0.25) is 10.1 Å². The van der Waals surface area contributed by atoms with E-state index in [0.717, 1.165) is 7.11 Å². The van der Waals surface area contributed by atoms with Gasteiger partial charge in [0.2, 0.25) is 6.30 Å². The van der Waals surface area contributed by atoms with Gasteiger partial charge < -0.3 is 10.1 Å². The third-order valence-corrected chi connectivity index (χ3v) is 2.20. The third kappa shape index (κ3) is 3.33. The number of methoxy groups -OCH3 is 1. The first-order valence-electron chi connectivity index (χ1n) is 5.03. The Morgan fingerprint density at radius 1 is 1.40 bits per heavy atom. The molecule has 110 valence electrons. The van der Waals surface area contributed by atoms with Crippen LogP contribution in [0, 0.1) is 15.9 Å². The molecule has 1 unspecified atom stereocenters. The number of carbonyl (C=O) groups is 1. The first-order valence-corrected chi connectivity index (χ1v) is 5.03. The summed E-state index contributed by atoms with van der Waals surface area (Å²) in [5, 5.41) is 12.2. The number of nitro benzene ring substituents is 1. The first kappa shape index (κ1) is 15.7. The number of nitrogens with one attached hydrogen (secondary N) is 1. The average molecular weight is 296 g/mol. The zero-order chi connectivity index (χ0) is 15.4. The first-order chi connectivity index (χ1) is 9.27. The number of anilines is 1. The molecule has 0 saturated heterocycles. The Labute approximate surface area is 109 Å². The lowest BCUT2D eigenvalue weighted by Gasteiger charge is -2.12. The molecule has 1 aromatic rings. The highest BCUT2D eigenvalue weighted by Crippen LogP contribution is 2.29. The van der Waals surface area contributed by atoms with Gasteiger partial charge >= 0.3 is 5.97 Å². The zero-order valence-corrected chi connectivity index (χ0v) is 9.90. The number of alkyl halides is 3. The van der Waals surface area contributed by atoms with Crippen LogP contribution >= 0.6 is 0 Å². The van der Waals surface area contributed by atoms with E-state index < -0.39 is 46.4 Å². The maximum Gasteiger partial charge on any atom is 0.341 e. The normalized spacial score (nSPS) is 12.1. The Morgan fingerprint density at radius 3 is 2.45 bits per heavy atom. The van der Waals surface area contributed by atoms with E-state index in [4.69, 9.17) is 0 Å². The van der Waals surface area contributed by atoms with Crippen molar-refractivity contribution in [1.29, 1.82) is 0 Å². The van der Waals surface area contributed by atoms with Gasteiger partial charge in [0.25, 0.3) is 12.1 Å². The Hall–Kier alpha value is -2.39. The van der Waals surface area contributed by atoms with Gasteiger partial charge in [-0.25, -0.2) is 22.4 Å². The zero-order valence-electron chi connectivity index (χ0n) is 9.90. The maximum absolute atomic E-state index is 13.5. The minimum absolute atomic E-state index is 0.374. The SMILES string of the molecule is COC(=O)c1cc([N+](=O)[O-])c(NC(F)C(F)F)cc1F. The van der Waals surface area contributed by atoms with Crippen molar-refractivity contribution in [2.75, 3.05) is 12.4 Å². The molecule has 0 heterocycles. The summed E-state index contributed by atoms with van der Waals surface area (Å²) in [6.07, 6.45) is -6.38. The van der Waals surface area contributed by atoms with Gasteiger partial charge in [0.05, 0.1) is 12.0 Å². The van der Waals surface area contributed by atoms with Crippen LogP contribution in [0.1, 0.15) is 10.4 Å². The molecule has 6 nitrogen and oxygen atoms in total. The van der Waals surface area contributed by atoms with Crippen LogP contribution in [0.5, 0.6) is 0 Å². The summed E-state index contributed by atoms with van der Waals surface area (Å²) in [7, 11) is 0.925. The summed E-state index contributed by atoms with van der Waals surface area (Å²) < 4.78 is 54.6. The van der Waals surface area contributed by atoms with Gasteiger partial charge in [-0.05, 0) is 0 Å². The fraction of sp³-hybridized carbons (Fsp3) is 0.300. The molecular weight excluding hydrogens is 288 g/mol. The van der Waals surface area contributed by atoms with Gasteiger partial charge in [0.15, 0.2) is 0 Å². The van der Waals surface area contributed by atoms with Gasteiger partial charge in [-0.1, -0.05) is 0 Å². The quantitative estimate of drug-likeness (QED) is 0.297. The number of hydrogen-bond donors (Lipinski definition) is 1. The Bertz CT molecular complexity index is 538. The molecule has 1 N–H and O–H groups in total. The second kappa shape index (κ2) is 6.17. The minimum atomic E-state index is -3.46. The Kier molecular flexibility index (Phi) is 4.83. The van der Waals surface area contributed by atoms with E-state index in [9.17, 15) is 32.5 Å². The standard InChI is InChI=1S/C10H8F4N2O4/c1-20-10(17)4-2-7(16(18)19)6(3-5(4)11)15-9(14)8(12)13/h2-3,8-9,15H,1H3. The Morgan fingerprint density at radius 2 is 2.00 bits per heavy atom. The highest BCUT2D eigenvalue weighted by molar-refractivity contribution is 5.91. The summed E-state index contributed by atoms with van der Waals surface area (Å²) in [6.45, 7) is 0. The van der Waals surface area contributed by atoms with E-state index in [1.165, 1.54) is 5.32 Å². The van der Waals surface area contributed by atoms with Crippen molar-refractivity contribution in [1.82, 2.24) is 0 Å². The lowest BCUT2D eigenvalue weighted by atomic mass is 10.1. The van der Waals surface area contributed by atoms with Crippen LogP contribution < -0.4 is 5.32 Å². The lowest BCUT2D eigenvalue weighted by molar-refractivity contribution is -0.384. The van der Waals surface area contributed by atoms with Crippen molar-refractivity contribution in [3.05, 3.63) is 33.6 Å². The predicted octanol–water partition coefficient (Wildman–Crippen LogP) is 2.49. The smallest absolute Gasteiger partial charge is 0.341 e. The van der Waals surface area contributed by atoms with E-state index >= 15 is 0 Å². The largest absolute Gasteiger partial charge is 0.465 e. The number of rotatable bonds is 5. The van der Waals surface area contributed by atoms with E-state index in [1.54, 1.807) is 0 Å². The molecule has 0 aliphatic heterocycles. The summed E-state index contributed by atoms with van der Waals surface area (Å²) in [6, 6.07) is 0.848.